The minimum absolute atomic E-state index is 0.0488. The molecule has 2 atom stereocenters. The van der Waals surface area contributed by atoms with E-state index >= 15 is 0 Å². The van der Waals surface area contributed by atoms with E-state index in [4.69, 9.17) is 4.74 Å². The van der Waals surface area contributed by atoms with Gasteiger partial charge < -0.3 is 15.0 Å². The second kappa shape index (κ2) is 12.4. The highest BCUT2D eigenvalue weighted by molar-refractivity contribution is 7.99. The number of hydrogen-bond donors (Lipinski definition) is 1. The zero-order chi connectivity index (χ0) is 22.8. The SMILES string of the molecule is CC[C@H](C)NC(=O)[C@H](C)N(Cc1cccc(OC)c1)C(=O)CSCc1cccc(C)c1. The van der Waals surface area contributed by atoms with Gasteiger partial charge in [-0.1, -0.05) is 48.9 Å². The van der Waals surface area contributed by atoms with Crippen LogP contribution in [0.25, 0.3) is 0 Å². The van der Waals surface area contributed by atoms with Crippen molar-refractivity contribution in [1.29, 1.82) is 0 Å². The Morgan fingerprint density at radius 2 is 1.81 bits per heavy atom. The molecule has 0 spiro atoms. The number of aryl methyl sites for hydroxylation is 1. The smallest absolute Gasteiger partial charge is 0.242 e. The van der Waals surface area contributed by atoms with Gasteiger partial charge in [-0.3, -0.25) is 9.59 Å². The van der Waals surface area contributed by atoms with Crippen molar-refractivity contribution in [3.8, 4) is 5.75 Å². The monoisotopic (exact) mass is 442 g/mol. The van der Waals surface area contributed by atoms with Crippen LogP contribution in [0.4, 0.5) is 0 Å². The molecule has 0 radical (unpaired) electrons. The number of benzene rings is 2. The zero-order valence-electron chi connectivity index (χ0n) is 19.2. The van der Waals surface area contributed by atoms with Crippen molar-refractivity contribution in [2.24, 2.45) is 0 Å². The number of carbonyl (C=O) groups is 2. The number of carbonyl (C=O) groups excluding carboxylic acids is 2. The van der Waals surface area contributed by atoms with E-state index in [9.17, 15) is 9.59 Å². The maximum Gasteiger partial charge on any atom is 0.242 e. The molecule has 0 fully saturated rings. The molecule has 0 unspecified atom stereocenters. The molecule has 0 aliphatic heterocycles. The van der Waals surface area contributed by atoms with Gasteiger partial charge in [-0.15, -0.1) is 11.8 Å². The Balaban J connectivity index is 2.10. The van der Waals surface area contributed by atoms with Crippen LogP contribution in [-0.2, 0) is 21.9 Å². The average molecular weight is 443 g/mol. The van der Waals surface area contributed by atoms with Crippen LogP contribution < -0.4 is 10.1 Å². The lowest BCUT2D eigenvalue weighted by molar-refractivity contribution is -0.138. The highest BCUT2D eigenvalue weighted by Crippen LogP contribution is 2.19. The molecule has 0 saturated heterocycles. The topological polar surface area (TPSA) is 58.6 Å². The normalized spacial score (nSPS) is 12.7. The molecule has 0 aliphatic rings. The fourth-order valence-corrected chi connectivity index (χ4v) is 4.01. The lowest BCUT2D eigenvalue weighted by Crippen LogP contribution is -2.50. The largest absolute Gasteiger partial charge is 0.497 e. The van der Waals surface area contributed by atoms with Crippen molar-refractivity contribution in [3.05, 3.63) is 65.2 Å². The van der Waals surface area contributed by atoms with Crippen LogP contribution >= 0.6 is 11.8 Å². The lowest BCUT2D eigenvalue weighted by atomic mass is 10.1. The van der Waals surface area contributed by atoms with E-state index in [0.717, 1.165) is 23.5 Å². The van der Waals surface area contributed by atoms with E-state index in [0.29, 0.717) is 12.3 Å². The lowest BCUT2D eigenvalue weighted by Gasteiger charge is -2.29. The molecule has 0 saturated carbocycles. The quantitative estimate of drug-likeness (QED) is 0.554. The standard InChI is InChI=1S/C25H34N2O3S/c1-6-19(3)26-25(29)20(4)27(15-21-10-8-12-23(14-21)30-5)24(28)17-31-16-22-11-7-9-18(2)13-22/h7-14,19-20H,6,15-17H2,1-5H3,(H,26,29)/t19-,20-/m0/s1. The molecule has 2 rings (SSSR count). The number of nitrogens with zero attached hydrogens (tertiary/aromatic N) is 1. The van der Waals surface area contributed by atoms with E-state index < -0.39 is 6.04 Å². The number of thioether (sulfide) groups is 1. The summed E-state index contributed by atoms with van der Waals surface area (Å²) in [6.45, 7) is 8.21. The van der Waals surface area contributed by atoms with Gasteiger partial charge in [-0.05, 0) is 50.5 Å². The van der Waals surface area contributed by atoms with Crippen molar-refractivity contribution in [3.63, 3.8) is 0 Å². The second-order valence-corrected chi connectivity index (χ2v) is 8.83. The molecule has 0 aromatic heterocycles. The van der Waals surface area contributed by atoms with Gasteiger partial charge >= 0.3 is 0 Å². The van der Waals surface area contributed by atoms with Crippen LogP contribution in [0.1, 0.15) is 43.9 Å². The molecule has 6 heteroatoms. The third-order valence-electron chi connectivity index (χ3n) is 5.23. The van der Waals surface area contributed by atoms with E-state index in [1.165, 1.54) is 11.1 Å². The number of rotatable bonds is 11. The summed E-state index contributed by atoms with van der Waals surface area (Å²) in [7, 11) is 1.62. The van der Waals surface area contributed by atoms with Crippen LogP contribution in [0.5, 0.6) is 5.75 Å². The first-order valence-electron chi connectivity index (χ1n) is 10.7. The summed E-state index contributed by atoms with van der Waals surface area (Å²) in [5.41, 5.74) is 3.33. The Kier molecular flexibility index (Phi) is 9.92. The van der Waals surface area contributed by atoms with Gasteiger partial charge in [0.2, 0.25) is 11.8 Å². The van der Waals surface area contributed by atoms with Gasteiger partial charge in [0.1, 0.15) is 11.8 Å². The third-order valence-corrected chi connectivity index (χ3v) is 6.22. The number of ether oxygens (including phenoxy) is 1. The fraction of sp³-hybridized carbons (Fsp3) is 0.440. The minimum Gasteiger partial charge on any atom is -0.497 e. The Morgan fingerprint density at radius 3 is 2.48 bits per heavy atom. The second-order valence-electron chi connectivity index (χ2n) is 7.85. The Bertz CT molecular complexity index is 871. The summed E-state index contributed by atoms with van der Waals surface area (Å²) < 4.78 is 5.31. The molecule has 1 N–H and O–H groups in total. The van der Waals surface area contributed by atoms with Crippen molar-refractivity contribution in [2.45, 2.75) is 58.5 Å². The summed E-state index contributed by atoms with van der Waals surface area (Å²) in [6.07, 6.45) is 0.842. The molecule has 0 aliphatic carbocycles. The third kappa shape index (κ3) is 7.94. The molecule has 0 bridgehead atoms. The van der Waals surface area contributed by atoms with E-state index in [-0.39, 0.29) is 17.9 Å². The Morgan fingerprint density at radius 1 is 1.10 bits per heavy atom. The summed E-state index contributed by atoms with van der Waals surface area (Å²) in [5.74, 6) is 1.63. The maximum absolute atomic E-state index is 13.2. The van der Waals surface area contributed by atoms with Gasteiger partial charge in [0.05, 0.1) is 12.9 Å². The molecule has 2 aromatic rings. The van der Waals surface area contributed by atoms with Gasteiger partial charge in [0, 0.05) is 18.3 Å². The summed E-state index contributed by atoms with van der Waals surface area (Å²) >= 11 is 1.57. The highest BCUT2D eigenvalue weighted by Gasteiger charge is 2.26. The molecular weight excluding hydrogens is 408 g/mol. The van der Waals surface area contributed by atoms with Gasteiger partial charge in [0.15, 0.2) is 0 Å². The van der Waals surface area contributed by atoms with Crippen molar-refractivity contribution < 1.29 is 14.3 Å². The van der Waals surface area contributed by atoms with Crippen molar-refractivity contribution >= 4 is 23.6 Å². The number of methoxy groups -OCH3 is 1. The predicted molar refractivity (Wildman–Crippen MR) is 128 cm³/mol. The van der Waals surface area contributed by atoms with E-state index in [1.54, 1.807) is 30.7 Å². The van der Waals surface area contributed by atoms with Crippen LogP contribution in [0.15, 0.2) is 48.5 Å². The summed E-state index contributed by atoms with van der Waals surface area (Å²) in [5, 5.41) is 3.00. The molecule has 31 heavy (non-hydrogen) atoms. The number of nitrogens with one attached hydrogen (secondary N) is 1. The predicted octanol–water partition coefficient (Wildman–Crippen LogP) is 4.57. The molecule has 168 valence electrons. The van der Waals surface area contributed by atoms with Crippen molar-refractivity contribution in [2.75, 3.05) is 12.9 Å². The van der Waals surface area contributed by atoms with Crippen LogP contribution in [0.2, 0.25) is 0 Å². The molecule has 0 heterocycles. The maximum atomic E-state index is 13.2. The molecule has 2 aromatic carbocycles. The Hall–Kier alpha value is -2.47. The van der Waals surface area contributed by atoms with Gasteiger partial charge in [0.25, 0.3) is 0 Å². The summed E-state index contributed by atoms with van der Waals surface area (Å²) in [4.78, 5) is 27.6. The Labute approximate surface area is 190 Å². The van der Waals surface area contributed by atoms with Crippen LogP contribution in [0.3, 0.4) is 0 Å². The molecule has 2 amide bonds. The minimum atomic E-state index is -0.563. The first-order valence-corrected chi connectivity index (χ1v) is 11.9. The molecule has 5 nitrogen and oxygen atoms in total. The van der Waals surface area contributed by atoms with Crippen LogP contribution in [0, 0.1) is 6.92 Å². The average Bonchev–Trinajstić information content (AvgIpc) is 2.76. The van der Waals surface area contributed by atoms with Gasteiger partial charge in [-0.25, -0.2) is 0 Å². The highest BCUT2D eigenvalue weighted by atomic mass is 32.2. The van der Waals surface area contributed by atoms with E-state index in [2.05, 4.69) is 30.4 Å². The van der Waals surface area contributed by atoms with Gasteiger partial charge in [-0.2, -0.15) is 0 Å². The van der Waals surface area contributed by atoms with Crippen molar-refractivity contribution in [1.82, 2.24) is 10.2 Å². The summed E-state index contributed by atoms with van der Waals surface area (Å²) in [6, 6.07) is 15.4. The van der Waals surface area contributed by atoms with Crippen LogP contribution in [-0.4, -0.2) is 41.7 Å². The number of hydrogen-bond acceptors (Lipinski definition) is 4. The van der Waals surface area contributed by atoms with E-state index in [1.807, 2.05) is 44.2 Å². The fourth-order valence-electron chi connectivity index (χ4n) is 3.16. The zero-order valence-corrected chi connectivity index (χ0v) is 20.0. The first kappa shape index (κ1) is 24.8. The first-order chi connectivity index (χ1) is 14.8. The molecular formula is C25H34N2O3S. The number of amides is 2.